The molecular formula is C16H32ClNO2. The topological polar surface area (TPSA) is 38.3 Å². The number of ether oxygens (including phenoxy) is 1. The Morgan fingerprint density at radius 1 is 1.05 bits per heavy atom. The molecule has 1 N–H and O–H groups in total. The summed E-state index contributed by atoms with van der Waals surface area (Å²) in [5.74, 6) is 0.493. The van der Waals surface area contributed by atoms with Crippen molar-refractivity contribution in [2.75, 3.05) is 19.6 Å². The van der Waals surface area contributed by atoms with Crippen LogP contribution in [0.15, 0.2) is 0 Å². The van der Waals surface area contributed by atoms with E-state index in [1.54, 1.807) is 7.11 Å². The molecule has 0 aromatic carbocycles. The fourth-order valence-corrected chi connectivity index (χ4v) is 2.39. The molecule has 0 saturated carbocycles. The monoisotopic (exact) mass is 305 g/mol. The molecule has 0 saturated heterocycles. The Morgan fingerprint density at radius 2 is 1.60 bits per heavy atom. The van der Waals surface area contributed by atoms with Crippen LogP contribution in [0.1, 0.15) is 71.1 Å². The molecule has 0 spiro atoms. The first-order chi connectivity index (χ1) is 9.74. The Bertz CT molecular complexity index is 225. The molecule has 0 rings (SSSR count). The van der Waals surface area contributed by atoms with Gasteiger partial charge in [0.1, 0.15) is 0 Å². The van der Waals surface area contributed by atoms with Crippen LogP contribution >= 0.6 is 11.6 Å². The number of carbonyl (C=O) groups is 1. The molecule has 1 atom stereocenters. The second-order valence-electron chi connectivity index (χ2n) is 5.45. The SMILES string of the molecule is CCCCCCCCCCCC(=O)NC(CCl)COC. The molecule has 3 nitrogen and oxygen atoms in total. The fourth-order valence-electron chi connectivity index (χ4n) is 2.22. The van der Waals surface area contributed by atoms with Crippen LogP contribution in [0.4, 0.5) is 0 Å². The number of hydrogen-bond acceptors (Lipinski definition) is 2. The molecule has 0 bridgehead atoms. The first-order valence-corrected chi connectivity index (χ1v) is 8.62. The smallest absolute Gasteiger partial charge is 0.220 e. The van der Waals surface area contributed by atoms with Gasteiger partial charge < -0.3 is 10.1 Å². The molecular weight excluding hydrogens is 274 g/mol. The number of unbranched alkanes of at least 4 members (excludes halogenated alkanes) is 8. The van der Waals surface area contributed by atoms with Crippen molar-refractivity contribution in [1.82, 2.24) is 5.32 Å². The number of halogens is 1. The summed E-state index contributed by atoms with van der Waals surface area (Å²) in [5, 5.41) is 2.90. The van der Waals surface area contributed by atoms with Gasteiger partial charge in [-0.25, -0.2) is 0 Å². The van der Waals surface area contributed by atoms with Crippen molar-refractivity contribution in [2.24, 2.45) is 0 Å². The number of alkyl halides is 1. The molecule has 0 heterocycles. The minimum absolute atomic E-state index is 0.0623. The number of nitrogens with one attached hydrogen (secondary N) is 1. The summed E-state index contributed by atoms with van der Waals surface area (Å²) in [6, 6.07) is -0.0623. The lowest BCUT2D eigenvalue weighted by Gasteiger charge is -2.14. The highest BCUT2D eigenvalue weighted by atomic mass is 35.5. The maximum atomic E-state index is 11.7. The zero-order valence-corrected chi connectivity index (χ0v) is 14.0. The van der Waals surface area contributed by atoms with Crippen LogP contribution in [0, 0.1) is 0 Å². The minimum atomic E-state index is -0.0623. The second kappa shape index (κ2) is 15.1. The van der Waals surface area contributed by atoms with E-state index >= 15 is 0 Å². The average Bonchev–Trinajstić information content (AvgIpc) is 2.45. The third kappa shape index (κ3) is 12.7. The maximum Gasteiger partial charge on any atom is 0.220 e. The summed E-state index contributed by atoms with van der Waals surface area (Å²) in [4.78, 5) is 11.7. The fraction of sp³-hybridized carbons (Fsp3) is 0.938. The third-order valence-corrected chi connectivity index (χ3v) is 3.80. The molecule has 1 unspecified atom stereocenters. The van der Waals surface area contributed by atoms with E-state index in [1.807, 2.05) is 0 Å². The normalized spacial score (nSPS) is 12.3. The van der Waals surface area contributed by atoms with E-state index in [4.69, 9.17) is 16.3 Å². The van der Waals surface area contributed by atoms with Crippen molar-refractivity contribution < 1.29 is 9.53 Å². The van der Waals surface area contributed by atoms with Crippen LogP contribution in [-0.4, -0.2) is 31.5 Å². The highest BCUT2D eigenvalue weighted by molar-refractivity contribution is 6.18. The Labute approximate surface area is 129 Å². The quantitative estimate of drug-likeness (QED) is 0.384. The van der Waals surface area contributed by atoms with Crippen LogP contribution in [0.5, 0.6) is 0 Å². The van der Waals surface area contributed by atoms with Gasteiger partial charge >= 0.3 is 0 Å². The predicted molar refractivity (Wildman–Crippen MR) is 86.4 cm³/mol. The zero-order valence-electron chi connectivity index (χ0n) is 13.3. The van der Waals surface area contributed by atoms with Gasteiger partial charge in [-0.3, -0.25) is 4.79 Å². The molecule has 1 amide bonds. The molecule has 0 radical (unpaired) electrons. The lowest BCUT2D eigenvalue weighted by atomic mass is 10.1. The Hall–Kier alpha value is -0.280. The molecule has 0 fully saturated rings. The van der Waals surface area contributed by atoms with Crippen LogP contribution in [0.25, 0.3) is 0 Å². The lowest BCUT2D eigenvalue weighted by Crippen LogP contribution is -2.39. The van der Waals surface area contributed by atoms with Crippen molar-refractivity contribution in [2.45, 2.75) is 77.2 Å². The van der Waals surface area contributed by atoms with E-state index in [1.165, 1.54) is 44.9 Å². The molecule has 120 valence electrons. The van der Waals surface area contributed by atoms with Gasteiger partial charge in [0.25, 0.3) is 0 Å². The van der Waals surface area contributed by atoms with E-state index < -0.39 is 0 Å². The molecule has 0 aliphatic carbocycles. The number of carbonyl (C=O) groups excluding carboxylic acids is 1. The molecule has 20 heavy (non-hydrogen) atoms. The van der Waals surface area contributed by atoms with E-state index in [0.717, 1.165) is 12.8 Å². The van der Waals surface area contributed by atoms with Crippen LogP contribution in [-0.2, 0) is 9.53 Å². The maximum absolute atomic E-state index is 11.7. The molecule has 0 aliphatic rings. The van der Waals surface area contributed by atoms with Crippen molar-refractivity contribution in [1.29, 1.82) is 0 Å². The van der Waals surface area contributed by atoms with Gasteiger partial charge in [0.2, 0.25) is 5.91 Å². The summed E-state index contributed by atoms with van der Waals surface area (Å²) < 4.78 is 4.99. The number of methoxy groups -OCH3 is 1. The molecule has 0 aromatic rings. The first kappa shape index (κ1) is 19.7. The predicted octanol–water partition coefficient (Wildman–Crippen LogP) is 4.28. The zero-order chi connectivity index (χ0) is 15.1. The Balaban J connectivity index is 3.34. The number of amides is 1. The molecule has 4 heteroatoms. The van der Waals surface area contributed by atoms with Crippen molar-refractivity contribution >= 4 is 17.5 Å². The van der Waals surface area contributed by atoms with Gasteiger partial charge in [0.15, 0.2) is 0 Å². The van der Waals surface area contributed by atoms with Crippen molar-refractivity contribution in [3.8, 4) is 0 Å². The van der Waals surface area contributed by atoms with Crippen molar-refractivity contribution in [3.05, 3.63) is 0 Å². The summed E-state index contributed by atoms with van der Waals surface area (Å²) in [6.07, 6.45) is 12.0. The molecule has 0 aromatic heterocycles. The van der Waals surface area contributed by atoms with Crippen LogP contribution in [0.2, 0.25) is 0 Å². The van der Waals surface area contributed by atoms with E-state index in [0.29, 0.717) is 18.9 Å². The van der Waals surface area contributed by atoms with E-state index in [-0.39, 0.29) is 11.9 Å². The lowest BCUT2D eigenvalue weighted by molar-refractivity contribution is -0.122. The van der Waals surface area contributed by atoms with Gasteiger partial charge in [0, 0.05) is 19.4 Å². The largest absolute Gasteiger partial charge is 0.383 e. The third-order valence-electron chi connectivity index (χ3n) is 3.43. The number of hydrogen-bond donors (Lipinski definition) is 1. The van der Waals surface area contributed by atoms with Crippen molar-refractivity contribution in [3.63, 3.8) is 0 Å². The van der Waals surface area contributed by atoms with E-state index in [9.17, 15) is 4.79 Å². The van der Waals surface area contributed by atoms with Crippen LogP contribution in [0.3, 0.4) is 0 Å². The summed E-state index contributed by atoms with van der Waals surface area (Å²) in [5.41, 5.74) is 0. The van der Waals surface area contributed by atoms with E-state index in [2.05, 4.69) is 12.2 Å². The summed E-state index contributed by atoms with van der Waals surface area (Å²) in [6.45, 7) is 2.72. The average molecular weight is 306 g/mol. The Kier molecular flexibility index (Phi) is 14.9. The first-order valence-electron chi connectivity index (χ1n) is 8.08. The van der Waals surface area contributed by atoms with Gasteiger partial charge in [-0.2, -0.15) is 0 Å². The second-order valence-corrected chi connectivity index (χ2v) is 5.76. The Morgan fingerprint density at radius 3 is 2.10 bits per heavy atom. The number of rotatable bonds is 14. The standard InChI is InChI=1S/C16H32ClNO2/c1-3-4-5-6-7-8-9-10-11-12-16(19)18-15(13-17)14-20-2/h15H,3-14H2,1-2H3,(H,18,19). The van der Waals surface area contributed by atoms with Crippen LogP contribution < -0.4 is 5.32 Å². The highest BCUT2D eigenvalue weighted by Gasteiger charge is 2.10. The summed E-state index contributed by atoms with van der Waals surface area (Å²) >= 11 is 5.75. The summed E-state index contributed by atoms with van der Waals surface area (Å²) in [7, 11) is 1.62. The highest BCUT2D eigenvalue weighted by Crippen LogP contribution is 2.10. The minimum Gasteiger partial charge on any atom is -0.383 e. The van der Waals surface area contributed by atoms with Gasteiger partial charge in [-0.15, -0.1) is 11.6 Å². The van der Waals surface area contributed by atoms with Gasteiger partial charge in [0.05, 0.1) is 12.6 Å². The van der Waals surface area contributed by atoms with Gasteiger partial charge in [-0.05, 0) is 6.42 Å². The van der Waals surface area contributed by atoms with Gasteiger partial charge in [-0.1, -0.05) is 58.3 Å². The molecule has 0 aliphatic heterocycles.